The lowest BCUT2D eigenvalue weighted by molar-refractivity contribution is -0.137. The zero-order chi connectivity index (χ0) is 21.2. The number of hydrogen-bond donors (Lipinski definition) is 2. The quantitative estimate of drug-likeness (QED) is 0.714. The molecule has 1 atom stereocenters. The van der Waals surface area contributed by atoms with Crippen LogP contribution < -0.4 is 10.6 Å². The third-order valence-electron chi connectivity index (χ3n) is 4.17. The first-order valence-corrected chi connectivity index (χ1v) is 9.28. The van der Waals surface area contributed by atoms with Gasteiger partial charge in [0.1, 0.15) is 0 Å². The molecule has 1 fully saturated rings. The molecule has 0 spiro atoms. The molecule has 1 aliphatic heterocycles. The van der Waals surface area contributed by atoms with E-state index in [2.05, 4.69) is 10.6 Å². The molecule has 9 heteroatoms. The number of rotatable bonds is 4. The summed E-state index contributed by atoms with van der Waals surface area (Å²) in [6.07, 6.45) is -2.93. The zero-order valence-electron chi connectivity index (χ0n) is 15.0. The predicted octanol–water partition coefficient (Wildman–Crippen LogP) is 4.52. The van der Waals surface area contributed by atoms with Gasteiger partial charge in [0.15, 0.2) is 0 Å². The second kappa shape index (κ2) is 8.12. The lowest BCUT2D eigenvalue weighted by atomic mass is 10.0. The summed E-state index contributed by atoms with van der Waals surface area (Å²) in [6.45, 7) is 1.60. The van der Waals surface area contributed by atoms with Gasteiger partial charge in [-0.15, -0.1) is 0 Å². The summed E-state index contributed by atoms with van der Waals surface area (Å²) >= 11 is 0.790. The number of nitrogens with one attached hydrogen (secondary N) is 2. The van der Waals surface area contributed by atoms with Gasteiger partial charge in [0.2, 0.25) is 0 Å². The standard InChI is InChI=1S/C20H15F3N2O3S/c1-11(14-3-2-4-15(10-14)20(21,22)23)24-17(26)13-7-5-12(6-8-13)9-16-18(27)25-19(28)29-16/h2-11H,1H3,(H,24,26)(H,25,27,28)/b16-9+/t11-/m1/s1. The molecule has 150 valence electrons. The highest BCUT2D eigenvalue weighted by molar-refractivity contribution is 8.18. The van der Waals surface area contributed by atoms with Crippen LogP contribution in [0.1, 0.15) is 40.0 Å². The van der Waals surface area contributed by atoms with E-state index in [0.29, 0.717) is 16.7 Å². The van der Waals surface area contributed by atoms with Crippen molar-refractivity contribution in [2.24, 2.45) is 0 Å². The molecule has 0 radical (unpaired) electrons. The second-order valence-electron chi connectivity index (χ2n) is 6.29. The molecule has 3 amide bonds. The average Bonchev–Trinajstić information content (AvgIpc) is 2.98. The van der Waals surface area contributed by atoms with Gasteiger partial charge in [0.05, 0.1) is 16.5 Å². The topological polar surface area (TPSA) is 75.3 Å². The molecule has 29 heavy (non-hydrogen) atoms. The number of amides is 3. The summed E-state index contributed by atoms with van der Waals surface area (Å²) in [5.74, 6) is -0.922. The number of carbonyl (C=O) groups excluding carboxylic acids is 3. The van der Waals surface area contributed by atoms with Crippen LogP contribution in [0.25, 0.3) is 6.08 Å². The van der Waals surface area contributed by atoms with Gasteiger partial charge in [-0.05, 0) is 60.2 Å². The smallest absolute Gasteiger partial charge is 0.346 e. The predicted molar refractivity (Wildman–Crippen MR) is 103 cm³/mol. The molecule has 5 nitrogen and oxygen atoms in total. The van der Waals surface area contributed by atoms with E-state index in [1.54, 1.807) is 19.1 Å². The molecule has 2 aromatic rings. The second-order valence-corrected chi connectivity index (χ2v) is 7.31. The molecular formula is C20H15F3N2O3S. The highest BCUT2D eigenvalue weighted by Gasteiger charge is 2.30. The van der Waals surface area contributed by atoms with Crippen LogP contribution >= 0.6 is 11.8 Å². The molecule has 0 saturated carbocycles. The Balaban J connectivity index is 1.69. The SMILES string of the molecule is C[C@@H](NC(=O)c1ccc(/C=C2/SC(=O)NC2=O)cc1)c1cccc(C(F)(F)F)c1. The number of alkyl halides is 3. The van der Waals surface area contributed by atoms with Crippen LogP contribution in [0.3, 0.4) is 0 Å². The summed E-state index contributed by atoms with van der Waals surface area (Å²) in [4.78, 5) is 35.4. The highest BCUT2D eigenvalue weighted by Crippen LogP contribution is 2.31. The summed E-state index contributed by atoms with van der Waals surface area (Å²) in [5.41, 5.74) is 0.495. The van der Waals surface area contributed by atoms with Crippen molar-refractivity contribution in [2.75, 3.05) is 0 Å². The third-order valence-corrected chi connectivity index (χ3v) is 4.98. The molecule has 0 aromatic heterocycles. The van der Waals surface area contributed by atoms with Gasteiger partial charge < -0.3 is 5.32 Å². The first kappa shape index (κ1) is 20.7. The Bertz CT molecular complexity index is 1000. The normalized spacial score (nSPS) is 16.6. The maximum Gasteiger partial charge on any atom is 0.416 e. The molecule has 0 unspecified atom stereocenters. The molecule has 1 aliphatic rings. The maximum absolute atomic E-state index is 12.9. The fraction of sp³-hybridized carbons (Fsp3) is 0.150. The first-order chi connectivity index (χ1) is 13.6. The molecular weight excluding hydrogens is 405 g/mol. The van der Waals surface area contributed by atoms with Gasteiger partial charge in [0, 0.05) is 5.56 Å². The first-order valence-electron chi connectivity index (χ1n) is 8.46. The van der Waals surface area contributed by atoms with Crippen LogP contribution in [-0.4, -0.2) is 17.1 Å². The fourth-order valence-corrected chi connectivity index (χ4v) is 3.33. The van der Waals surface area contributed by atoms with Crippen LogP contribution in [0.15, 0.2) is 53.4 Å². The number of imide groups is 1. The Morgan fingerprint density at radius 1 is 1.14 bits per heavy atom. The minimum atomic E-state index is -4.46. The lowest BCUT2D eigenvalue weighted by Gasteiger charge is -2.16. The Kier molecular flexibility index (Phi) is 5.78. The minimum absolute atomic E-state index is 0.255. The van der Waals surface area contributed by atoms with Crippen molar-refractivity contribution in [3.63, 3.8) is 0 Å². The Labute approximate surface area is 168 Å². The summed E-state index contributed by atoms with van der Waals surface area (Å²) < 4.78 is 38.6. The number of benzene rings is 2. The van der Waals surface area contributed by atoms with Crippen LogP contribution in [0.4, 0.5) is 18.0 Å². The van der Waals surface area contributed by atoms with Crippen molar-refractivity contribution in [1.29, 1.82) is 0 Å². The van der Waals surface area contributed by atoms with Gasteiger partial charge in [0.25, 0.3) is 17.1 Å². The minimum Gasteiger partial charge on any atom is -0.346 e. The Hall–Kier alpha value is -3.07. The van der Waals surface area contributed by atoms with E-state index in [0.717, 1.165) is 23.9 Å². The molecule has 2 N–H and O–H groups in total. The van der Waals surface area contributed by atoms with E-state index in [9.17, 15) is 27.6 Å². The molecule has 0 bridgehead atoms. The van der Waals surface area contributed by atoms with Gasteiger partial charge in [-0.25, -0.2) is 0 Å². The van der Waals surface area contributed by atoms with Crippen LogP contribution in [-0.2, 0) is 11.0 Å². The van der Waals surface area contributed by atoms with E-state index in [1.807, 2.05) is 0 Å². The maximum atomic E-state index is 12.9. The lowest BCUT2D eigenvalue weighted by Crippen LogP contribution is -2.26. The van der Waals surface area contributed by atoms with E-state index in [4.69, 9.17) is 0 Å². The van der Waals surface area contributed by atoms with Crippen molar-refractivity contribution in [3.05, 3.63) is 75.7 Å². The summed E-state index contributed by atoms with van der Waals surface area (Å²) in [6, 6.07) is 10.4. The molecule has 0 aliphatic carbocycles. The van der Waals surface area contributed by atoms with Crippen LogP contribution in [0.2, 0.25) is 0 Å². The monoisotopic (exact) mass is 420 g/mol. The number of carbonyl (C=O) groups is 3. The zero-order valence-corrected chi connectivity index (χ0v) is 15.9. The Morgan fingerprint density at radius 3 is 2.41 bits per heavy atom. The average molecular weight is 420 g/mol. The van der Waals surface area contributed by atoms with E-state index < -0.39 is 34.8 Å². The van der Waals surface area contributed by atoms with Gasteiger partial charge in [-0.3, -0.25) is 19.7 Å². The van der Waals surface area contributed by atoms with Gasteiger partial charge in [-0.2, -0.15) is 13.2 Å². The highest BCUT2D eigenvalue weighted by atomic mass is 32.2. The van der Waals surface area contributed by atoms with Crippen LogP contribution in [0.5, 0.6) is 0 Å². The van der Waals surface area contributed by atoms with E-state index in [1.165, 1.54) is 30.3 Å². The van der Waals surface area contributed by atoms with E-state index >= 15 is 0 Å². The van der Waals surface area contributed by atoms with Gasteiger partial charge >= 0.3 is 6.18 Å². The number of halogens is 3. The largest absolute Gasteiger partial charge is 0.416 e. The fourth-order valence-electron chi connectivity index (χ4n) is 2.65. The third kappa shape index (κ3) is 5.05. The van der Waals surface area contributed by atoms with E-state index in [-0.39, 0.29) is 4.91 Å². The number of hydrogen-bond acceptors (Lipinski definition) is 4. The van der Waals surface area contributed by atoms with Crippen LogP contribution in [0, 0.1) is 0 Å². The Morgan fingerprint density at radius 2 is 1.83 bits per heavy atom. The molecule has 2 aromatic carbocycles. The van der Waals surface area contributed by atoms with Crippen molar-refractivity contribution in [2.45, 2.75) is 19.1 Å². The van der Waals surface area contributed by atoms with Crippen molar-refractivity contribution in [3.8, 4) is 0 Å². The summed E-state index contributed by atoms with van der Waals surface area (Å²) in [5, 5.41) is 4.37. The number of thioether (sulfide) groups is 1. The van der Waals surface area contributed by atoms with Crippen molar-refractivity contribution in [1.82, 2.24) is 10.6 Å². The molecule has 1 heterocycles. The molecule has 1 saturated heterocycles. The summed E-state index contributed by atoms with van der Waals surface area (Å²) in [7, 11) is 0. The van der Waals surface area contributed by atoms with Crippen molar-refractivity contribution >= 4 is 34.9 Å². The van der Waals surface area contributed by atoms with Gasteiger partial charge in [-0.1, -0.05) is 24.3 Å². The van der Waals surface area contributed by atoms with Crippen molar-refractivity contribution < 1.29 is 27.6 Å². The molecule has 3 rings (SSSR count).